The predicted octanol–water partition coefficient (Wildman–Crippen LogP) is 3.87. The van der Waals surface area contributed by atoms with Crippen LogP contribution in [0.4, 0.5) is 0 Å². The number of halogens is 1. The van der Waals surface area contributed by atoms with E-state index in [1.807, 2.05) is 24.3 Å². The number of rotatable bonds is 7. The quantitative estimate of drug-likeness (QED) is 0.451. The lowest BCUT2D eigenvalue weighted by molar-refractivity contribution is 0.125. The Morgan fingerprint density at radius 3 is 1.96 bits per heavy atom. The molecule has 0 aliphatic heterocycles. The van der Waals surface area contributed by atoms with Crippen LogP contribution < -0.4 is 5.32 Å². The van der Waals surface area contributed by atoms with Crippen LogP contribution in [0.25, 0.3) is 21.5 Å². The first kappa shape index (κ1) is 17.2. The molecule has 4 heteroatoms. The van der Waals surface area contributed by atoms with Gasteiger partial charge in [-0.1, -0.05) is 60.1 Å². The van der Waals surface area contributed by atoms with Gasteiger partial charge in [-0.15, -0.1) is 0 Å². The Balaban J connectivity index is 1.89. The third-order valence-electron chi connectivity index (χ3n) is 4.40. The highest BCUT2D eigenvalue weighted by atomic mass is 35.5. The van der Waals surface area contributed by atoms with Crippen molar-refractivity contribution >= 4 is 33.1 Å². The van der Waals surface area contributed by atoms with Crippen molar-refractivity contribution in [2.45, 2.75) is 25.5 Å². The summed E-state index contributed by atoms with van der Waals surface area (Å²) in [5.74, 6) is 0. The van der Waals surface area contributed by atoms with E-state index in [9.17, 15) is 5.11 Å². The van der Waals surface area contributed by atoms with E-state index in [-0.39, 0.29) is 6.61 Å². The number of nitrogens with one attached hydrogen (secondary N) is 1. The molecule has 3 aromatic rings. The molecule has 3 rings (SSSR count). The number of aliphatic hydroxyl groups is 2. The van der Waals surface area contributed by atoms with Gasteiger partial charge >= 0.3 is 0 Å². The number of hydrogen-bond donors (Lipinski definition) is 3. The molecule has 0 fully saturated rings. The minimum Gasteiger partial charge on any atom is -0.396 e. The molecule has 0 amide bonds. The number of aliphatic hydroxyl groups excluding tert-OH is 2. The van der Waals surface area contributed by atoms with Gasteiger partial charge in [0.1, 0.15) is 0 Å². The lowest BCUT2D eigenvalue weighted by Gasteiger charge is -2.15. The molecule has 0 saturated heterocycles. The molecule has 3 aromatic carbocycles. The normalized spacial score (nSPS) is 12.8. The van der Waals surface area contributed by atoms with E-state index in [1.165, 1.54) is 5.56 Å². The van der Waals surface area contributed by atoms with Crippen LogP contribution in [0.3, 0.4) is 0 Å². The van der Waals surface area contributed by atoms with E-state index in [4.69, 9.17) is 16.7 Å². The van der Waals surface area contributed by atoms with Crippen molar-refractivity contribution in [3.05, 3.63) is 59.1 Å². The van der Waals surface area contributed by atoms with Crippen molar-refractivity contribution in [2.24, 2.45) is 0 Å². The van der Waals surface area contributed by atoms with Crippen LogP contribution in [-0.4, -0.2) is 29.5 Å². The molecule has 0 spiro atoms. The first-order valence-corrected chi connectivity index (χ1v) is 8.67. The molecule has 0 saturated carbocycles. The van der Waals surface area contributed by atoms with Crippen LogP contribution >= 0.6 is 11.6 Å². The maximum atomic E-state index is 9.71. The average molecular weight is 344 g/mol. The largest absolute Gasteiger partial charge is 0.396 e. The van der Waals surface area contributed by atoms with E-state index >= 15 is 0 Å². The zero-order valence-corrected chi connectivity index (χ0v) is 14.3. The van der Waals surface area contributed by atoms with Gasteiger partial charge in [-0.3, -0.25) is 0 Å². The molecule has 126 valence electrons. The Kier molecular flexibility index (Phi) is 5.69. The van der Waals surface area contributed by atoms with Crippen LogP contribution in [0.2, 0.25) is 5.02 Å². The molecule has 3 nitrogen and oxygen atoms in total. The molecule has 0 aromatic heterocycles. The van der Waals surface area contributed by atoms with Gasteiger partial charge < -0.3 is 15.5 Å². The highest BCUT2D eigenvalue weighted by molar-refractivity contribution is 6.41. The van der Waals surface area contributed by atoms with Crippen LogP contribution in [0, 0.1) is 0 Å². The highest BCUT2D eigenvalue weighted by Gasteiger charge is 2.12. The first-order valence-electron chi connectivity index (χ1n) is 8.30. The molecular weight excluding hydrogens is 322 g/mol. The Morgan fingerprint density at radius 2 is 1.42 bits per heavy atom. The maximum Gasteiger partial charge on any atom is 0.0574 e. The topological polar surface area (TPSA) is 52.5 Å². The van der Waals surface area contributed by atoms with Crippen molar-refractivity contribution in [3.63, 3.8) is 0 Å². The van der Waals surface area contributed by atoms with Crippen LogP contribution in [-0.2, 0) is 6.54 Å². The fourth-order valence-electron chi connectivity index (χ4n) is 3.13. The van der Waals surface area contributed by atoms with Crippen molar-refractivity contribution < 1.29 is 10.2 Å². The second-order valence-electron chi connectivity index (χ2n) is 6.02. The molecule has 24 heavy (non-hydrogen) atoms. The highest BCUT2D eigenvalue weighted by Crippen LogP contribution is 2.35. The number of benzene rings is 3. The standard InChI is InChI=1S/C20H22ClNO2/c21-20-17-7-3-1-5-15(17)19(16-6-2-4-8-18(16)20)13-22-11-9-14(24)10-12-23/h1-8,14,22-24H,9-13H2. The van der Waals surface area contributed by atoms with Crippen LogP contribution in [0.1, 0.15) is 18.4 Å². The summed E-state index contributed by atoms with van der Waals surface area (Å²) in [6.07, 6.45) is 0.597. The molecule has 1 atom stereocenters. The van der Waals surface area contributed by atoms with Gasteiger partial charge in [0.2, 0.25) is 0 Å². The van der Waals surface area contributed by atoms with Gasteiger partial charge in [0.05, 0.1) is 11.1 Å². The molecule has 0 heterocycles. The van der Waals surface area contributed by atoms with Crippen LogP contribution in [0.5, 0.6) is 0 Å². The van der Waals surface area contributed by atoms with Gasteiger partial charge in [-0.2, -0.15) is 0 Å². The smallest absolute Gasteiger partial charge is 0.0574 e. The fraction of sp³-hybridized carbons (Fsp3) is 0.300. The van der Waals surface area contributed by atoms with Crippen molar-refractivity contribution in [1.29, 1.82) is 0 Å². The maximum absolute atomic E-state index is 9.71. The van der Waals surface area contributed by atoms with Crippen molar-refractivity contribution in [1.82, 2.24) is 5.32 Å². The molecule has 0 radical (unpaired) electrons. The SMILES string of the molecule is OCCC(O)CCNCc1c2ccccc2c(Cl)c2ccccc12. The van der Waals surface area contributed by atoms with E-state index < -0.39 is 6.10 Å². The minimum atomic E-state index is -0.457. The monoisotopic (exact) mass is 343 g/mol. The fourth-order valence-corrected chi connectivity index (χ4v) is 3.46. The Bertz CT molecular complexity index is 777. The molecule has 0 bridgehead atoms. The van der Waals surface area contributed by atoms with E-state index in [1.54, 1.807) is 0 Å². The van der Waals surface area contributed by atoms with E-state index in [2.05, 4.69) is 29.6 Å². The summed E-state index contributed by atoms with van der Waals surface area (Å²) < 4.78 is 0. The van der Waals surface area contributed by atoms with Gasteiger partial charge in [0.15, 0.2) is 0 Å². The van der Waals surface area contributed by atoms with Crippen molar-refractivity contribution in [3.8, 4) is 0 Å². The molecule has 1 unspecified atom stereocenters. The zero-order valence-electron chi connectivity index (χ0n) is 13.5. The van der Waals surface area contributed by atoms with Crippen LogP contribution in [0.15, 0.2) is 48.5 Å². The summed E-state index contributed by atoms with van der Waals surface area (Å²) >= 11 is 6.61. The molecule has 0 aliphatic carbocycles. The molecule has 3 N–H and O–H groups in total. The predicted molar refractivity (Wildman–Crippen MR) is 100 cm³/mol. The van der Waals surface area contributed by atoms with Gasteiger partial charge in [0, 0.05) is 23.9 Å². The third-order valence-corrected chi connectivity index (χ3v) is 4.80. The molecular formula is C20H22ClNO2. The third kappa shape index (κ3) is 3.55. The Morgan fingerprint density at radius 1 is 0.875 bits per heavy atom. The summed E-state index contributed by atoms with van der Waals surface area (Å²) in [5, 5.41) is 27.2. The summed E-state index contributed by atoms with van der Waals surface area (Å²) in [5.41, 5.74) is 1.22. The summed E-state index contributed by atoms with van der Waals surface area (Å²) in [7, 11) is 0. The summed E-state index contributed by atoms with van der Waals surface area (Å²) in [6.45, 7) is 1.43. The van der Waals surface area contributed by atoms with Gasteiger partial charge in [0.25, 0.3) is 0 Å². The Hall–Kier alpha value is -1.65. The van der Waals surface area contributed by atoms with Gasteiger partial charge in [-0.25, -0.2) is 0 Å². The molecule has 0 aliphatic rings. The number of fused-ring (bicyclic) bond motifs is 2. The zero-order chi connectivity index (χ0) is 16.9. The Labute approximate surface area is 146 Å². The van der Waals surface area contributed by atoms with Crippen molar-refractivity contribution in [2.75, 3.05) is 13.2 Å². The summed E-state index contributed by atoms with van der Waals surface area (Å²) in [4.78, 5) is 0. The van der Waals surface area contributed by atoms with Gasteiger partial charge in [-0.05, 0) is 35.7 Å². The van der Waals surface area contributed by atoms with E-state index in [0.29, 0.717) is 25.9 Å². The second kappa shape index (κ2) is 7.95. The lowest BCUT2D eigenvalue weighted by atomic mass is 9.96. The minimum absolute atomic E-state index is 0.0215. The second-order valence-corrected chi connectivity index (χ2v) is 6.39. The summed E-state index contributed by atoms with van der Waals surface area (Å²) in [6, 6.07) is 16.4. The first-order chi connectivity index (χ1) is 11.7. The average Bonchev–Trinajstić information content (AvgIpc) is 2.61. The lowest BCUT2D eigenvalue weighted by Crippen LogP contribution is -2.21. The van der Waals surface area contributed by atoms with E-state index in [0.717, 1.165) is 26.6 Å². The number of hydrogen-bond acceptors (Lipinski definition) is 3.